The van der Waals surface area contributed by atoms with Gasteiger partial charge in [-0.1, -0.05) is 37.3 Å². The van der Waals surface area contributed by atoms with E-state index in [0.29, 0.717) is 13.1 Å². The van der Waals surface area contributed by atoms with Crippen LogP contribution in [0.3, 0.4) is 0 Å². The number of hydrogen-bond donors (Lipinski definition) is 2. The maximum Gasteiger partial charge on any atom is 0.234 e. The minimum atomic E-state index is 0. The molecule has 2 N–H and O–H groups in total. The largest absolute Gasteiger partial charge is 0.354 e. The van der Waals surface area contributed by atoms with Gasteiger partial charge in [-0.15, -0.1) is 24.8 Å². The van der Waals surface area contributed by atoms with Crippen molar-refractivity contribution in [3.05, 3.63) is 35.9 Å². The Morgan fingerprint density at radius 1 is 0.960 bits per heavy atom. The summed E-state index contributed by atoms with van der Waals surface area (Å²) < 4.78 is 0. The predicted molar refractivity (Wildman–Crippen MR) is 109 cm³/mol. The Kier molecular flexibility index (Phi) is 13.8. The van der Waals surface area contributed by atoms with Gasteiger partial charge in [0, 0.05) is 45.8 Å². The molecule has 5 nitrogen and oxygen atoms in total. The molecule has 2 rings (SSSR count). The Morgan fingerprint density at radius 2 is 1.60 bits per heavy atom. The van der Waals surface area contributed by atoms with Crippen molar-refractivity contribution in [2.45, 2.75) is 19.9 Å². The third-order valence-corrected chi connectivity index (χ3v) is 4.13. The molecule has 0 radical (unpaired) electrons. The average molecular weight is 391 g/mol. The molecule has 0 atom stereocenters. The molecule has 0 aliphatic carbocycles. The number of carbonyl (C=O) groups excluding carboxylic acids is 1. The number of hydrogen-bond acceptors (Lipinski definition) is 4. The third kappa shape index (κ3) is 10.0. The molecule has 25 heavy (non-hydrogen) atoms. The molecular formula is C18H32Cl2N4O. The summed E-state index contributed by atoms with van der Waals surface area (Å²) in [5.74, 6) is 0.139. The summed E-state index contributed by atoms with van der Waals surface area (Å²) >= 11 is 0. The van der Waals surface area contributed by atoms with Crippen molar-refractivity contribution in [3.63, 3.8) is 0 Å². The summed E-state index contributed by atoms with van der Waals surface area (Å²) in [5.41, 5.74) is 1.36. The first-order valence-corrected chi connectivity index (χ1v) is 8.74. The van der Waals surface area contributed by atoms with Gasteiger partial charge >= 0.3 is 0 Å². The van der Waals surface area contributed by atoms with Crippen molar-refractivity contribution in [2.24, 2.45) is 0 Å². The standard InChI is InChI=1S/C18H30N4O.2ClH/c1-2-8-19-9-10-20-18(23)16-22-13-11-21(12-14-22)15-17-6-4-3-5-7-17;;/h3-7,19H,2,8-16H2,1H3,(H,20,23);2*1H. The number of rotatable bonds is 9. The number of nitrogens with zero attached hydrogens (tertiary/aromatic N) is 2. The molecule has 7 heteroatoms. The molecule has 1 aliphatic heterocycles. The average Bonchev–Trinajstić information content (AvgIpc) is 2.57. The van der Waals surface area contributed by atoms with E-state index in [9.17, 15) is 4.79 Å². The van der Waals surface area contributed by atoms with Gasteiger partial charge in [0.1, 0.15) is 0 Å². The SMILES string of the molecule is CCCNCCNC(=O)CN1CCN(Cc2ccccc2)CC1.Cl.Cl. The zero-order valence-electron chi connectivity index (χ0n) is 15.1. The maximum atomic E-state index is 11.9. The molecular weight excluding hydrogens is 359 g/mol. The van der Waals surface area contributed by atoms with E-state index >= 15 is 0 Å². The quantitative estimate of drug-likeness (QED) is 0.630. The van der Waals surface area contributed by atoms with Crippen LogP contribution in [0.4, 0.5) is 0 Å². The van der Waals surface area contributed by atoms with E-state index in [-0.39, 0.29) is 30.7 Å². The first-order valence-electron chi connectivity index (χ1n) is 8.74. The van der Waals surface area contributed by atoms with Gasteiger partial charge in [-0.25, -0.2) is 0 Å². The van der Waals surface area contributed by atoms with Crippen LogP contribution in [0, 0.1) is 0 Å². The highest BCUT2D eigenvalue weighted by molar-refractivity contribution is 5.85. The minimum absolute atomic E-state index is 0. The normalized spacial score (nSPS) is 15.1. The Bertz CT molecular complexity index is 454. The van der Waals surface area contributed by atoms with Crippen molar-refractivity contribution in [3.8, 4) is 0 Å². The van der Waals surface area contributed by atoms with Crippen LogP contribution in [0.5, 0.6) is 0 Å². The molecule has 144 valence electrons. The van der Waals surface area contributed by atoms with Crippen molar-refractivity contribution < 1.29 is 4.79 Å². The Labute approximate surface area is 164 Å². The molecule has 0 spiro atoms. The summed E-state index contributed by atoms with van der Waals surface area (Å²) in [6.45, 7) is 10.2. The van der Waals surface area contributed by atoms with Crippen LogP contribution < -0.4 is 10.6 Å². The molecule has 0 unspecified atom stereocenters. The fraction of sp³-hybridized carbons (Fsp3) is 0.611. The second kappa shape index (κ2) is 14.3. The lowest BCUT2D eigenvalue weighted by Crippen LogP contribution is -2.49. The van der Waals surface area contributed by atoms with Gasteiger partial charge in [0.2, 0.25) is 5.91 Å². The van der Waals surface area contributed by atoms with E-state index in [1.807, 2.05) is 0 Å². The molecule has 1 amide bonds. The lowest BCUT2D eigenvalue weighted by molar-refractivity contribution is -0.122. The number of carbonyl (C=O) groups is 1. The van der Waals surface area contributed by atoms with Gasteiger partial charge in [0.15, 0.2) is 0 Å². The topological polar surface area (TPSA) is 47.6 Å². The van der Waals surface area contributed by atoms with Crippen LogP contribution in [0.15, 0.2) is 30.3 Å². The number of nitrogens with one attached hydrogen (secondary N) is 2. The van der Waals surface area contributed by atoms with E-state index in [2.05, 4.69) is 57.7 Å². The van der Waals surface area contributed by atoms with E-state index in [0.717, 1.165) is 52.2 Å². The van der Waals surface area contributed by atoms with Crippen LogP contribution in [0.1, 0.15) is 18.9 Å². The second-order valence-electron chi connectivity index (χ2n) is 6.14. The van der Waals surface area contributed by atoms with Crippen LogP contribution >= 0.6 is 24.8 Å². The zero-order valence-corrected chi connectivity index (χ0v) is 16.7. The van der Waals surface area contributed by atoms with Crippen molar-refractivity contribution in [1.29, 1.82) is 0 Å². The summed E-state index contributed by atoms with van der Waals surface area (Å²) in [4.78, 5) is 16.6. The fourth-order valence-corrected chi connectivity index (χ4v) is 2.80. The molecule has 1 aromatic rings. The number of piperazine rings is 1. The smallest absolute Gasteiger partial charge is 0.234 e. The highest BCUT2D eigenvalue weighted by atomic mass is 35.5. The Morgan fingerprint density at radius 3 is 2.24 bits per heavy atom. The van der Waals surface area contributed by atoms with Gasteiger partial charge in [0.25, 0.3) is 0 Å². The Hall–Kier alpha value is -0.850. The van der Waals surface area contributed by atoms with Gasteiger partial charge in [-0.05, 0) is 18.5 Å². The second-order valence-corrected chi connectivity index (χ2v) is 6.14. The third-order valence-electron chi connectivity index (χ3n) is 4.13. The van der Waals surface area contributed by atoms with Crippen molar-refractivity contribution in [1.82, 2.24) is 20.4 Å². The fourth-order valence-electron chi connectivity index (χ4n) is 2.80. The van der Waals surface area contributed by atoms with Gasteiger partial charge < -0.3 is 10.6 Å². The monoisotopic (exact) mass is 390 g/mol. The molecule has 0 bridgehead atoms. The van der Waals surface area contributed by atoms with Gasteiger partial charge in [0.05, 0.1) is 6.54 Å². The highest BCUT2D eigenvalue weighted by Crippen LogP contribution is 2.08. The summed E-state index contributed by atoms with van der Waals surface area (Å²) in [6.07, 6.45) is 1.13. The first kappa shape index (κ1) is 24.1. The predicted octanol–water partition coefficient (Wildman–Crippen LogP) is 1.76. The number of amides is 1. The van der Waals surface area contributed by atoms with Crippen molar-refractivity contribution >= 4 is 30.7 Å². The summed E-state index contributed by atoms with van der Waals surface area (Å²) in [7, 11) is 0. The first-order chi connectivity index (χ1) is 11.3. The van der Waals surface area contributed by atoms with Gasteiger partial charge in [-0.3, -0.25) is 14.6 Å². The lowest BCUT2D eigenvalue weighted by atomic mass is 10.2. The number of halogens is 2. The maximum absolute atomic E-state index is 11.9. The molecule has 1 aromatic carbocycles. The molecule has 1 fully saturated rings. The summed E-state index contributed by atoms with van der Waals surface area (Å²) in [6, 6.07) is 10.6. The van der Waals surface area contributed by atoms with Crippen LogP contribution in [0.2, 0.25) is 0 Å². The lowest BCUT2D eigenvalue weighted by Gasteiger charge is -2.34. The number of benzene rings is 1. The molecule has 1 aliphatic rings. The van der Waals surface area contributed by atoms with Crippen LogP contribution in [0.25, 0.3) is 0 Å². The Balaban J connectivity index is 0.00000288. The molecule has 1 saturated heterocycles. The molecule has 1 heterocycles. The van der Waals surface area contributed by atoms with E-state index in [4.69, 9.17) is 0 Å². The zero-order chi connectivity index (χ0) is 16.3. The van der Waals surface area contributed by atoms with Crippen molar-refractivity contribution in [2.75, 3.05) is 52.4 Å². The highest BCUT2D eigenvalue weighted by Gasteiger charge is 2.18. The van der Waals surface area contributed by atoms with E-state index < -0.39 is 0 Å². The van der Waals surface area contributed by atoms with E-state index in [1.54, 1.807) is 0 Å². The molecule has 0 aromatic heterocycles. The summed E-state index contributed by atoms with van der Waals surface area (Å²) in [5, 5.41) is 6.27. The van der Waals surface area contributed by atoms with E-state index in [1.165, 1.54) is 5.56 Å². The van der Waals surface area contributed by atoms with Crippen LogP contribution in [-0.2, 0) is 11.3 Å². The van der Waals surface area contributed by atoms with Crippen LogP contribution in [-0.4, -0.2) is 68.1 Å². The minimum Gasteiger partial charge on any atom is -0.354 e. The van der Waals surface area contributed by atoms with Gasteiger partial charge in [-0.2, -0.15) is 0 Å². The molecule has 0 saturated carbocycles.